The average molecular weight is 214 g/mol. The monoisotopic (exact) mass is 213 g/mol. The first kappa shape index (κ1) is 8.72. The summed E-state index contributed by atoms with van der Waals surface area (Å²) in [5.74, 6) is 0.523. The normalized spacial score (nSPS) is 10.6. The number of halogens is 1. The minimum atomic E-state index is 0.523. The number of nitrogens with zero attached hydrogens (tertiary/aromatic N) is 3. The van der Waals surface area contributed by atoms with Crippen LogP contribution < -0.4 is 0 Å². The van der Waals surface area contributed by atoms with Crippen molar-refractivity contribution in [1.82, 2.24) is 14.5 Å². The van der Waals surface area contributed by atoms with Crippen LogP contribution in [-0.4, -0.2) is 14.5 Å². The molecule has 3 nitrogen and oxygen atoms in total. The Bertz CT molecular complexity index is 407. The zero-order chi connectivity index (χ0) is 9.26. The summed E-state index contributed by atoms with van der Waals surface area (Å²) < 4.78 is 1.94. The summed E-state index contributed by atoms with van der Waals surface area (Å²) in [6.07, 6.45) is 5.37. The molecule has 2 aromatic heterocycles. The van der Waals surface area contributed by atoms with Gasteiger partial charge in [-0.3, -0.25) is 0 Å². The maximum absolute atomic E-state index is 5.69. The van der Waals surface area contributed by atoms with E-state index in [0.717, 1.165) is 15.6 Å². The molecule has 2 rings (SSSR count). The Morgan fingerprint density at radius 1 is 1.54 bits per heavy atom. The van der Waals surface area contributed by atoms with Crippen LogP contribution in [0.1, 0.15) is 4.88 Å². The third-order valence-electron chi connectivity index (χ3n) is 1.72. The fourth-order valence-corrected chi connectivity index (χ4v) is 2.10. The third-order valence-corrected chi connectivity index (χ3v) is 3.19. The fraction of sp³-hybridized carbons (Fsp3) is 0.250. The van der Waals surface area contributed by atoms with Crippen molar-refractivity contribution in [3.8, 4) is 10.7 Å². The second kappa shape index (κ2) is 3.47. The highest BCUT2D eigenvalue weighted by molar-refractivity contribution is 7.15. The van der Waals surface area contributed by atoms with E-state index in [0.29, 0.717) is 5.88 Å². The number of hydrogen-bond donors (Lipinski definition) is 0. The van der Waals surface area contributed by atoms with E-state index < -0.39 is 0 Å². The van der Waals surface area contributed by atoms with Crippen LogP contribution in [0.15, 0.2) is 18.7 Å². The van der Waals surface area contributed by atoms with Crippen molar-refractivity contribution in [2.45, 2.75) is 5.88 Å². The zero-order valence-electron chi connectivity index (χ0n) is 7.07. The highest BCUT2D eigenvalue weighted by atomic mass is 35.5. The summed E-state index contributed by atoms with van der Waals surface area (Å²) >= 11 is 7.29. The molecule has 13 heavy (non-hydrogen) atoms. The van der Waals surface area contributed by atoms with E-state index in [1.54, 1.807) is 30.1 Å². The number of hydrogen-bond acceptors (Lipinski definition) is 3. The van der Waals surface area contributed by atoms with Gasteiger partial charge in [0.05, 0.1) is 24.1 Å². The molecule has 0 unspecified atom stereocenters. The molecule has 0 bridgehead atoms. The van der Waals surface area contributed by atoms with E-state index in [9.17, 15) is 0 Å². The lowest BCUT2D eigenvalue weighted by Crippen LogP contribution is -1.87. The van der Waals surface area contributed by atoms with Gasteiger partial charge in [0.2, 0.25) is 0 Å². The van der Waals surface area contributed by atoms with Crippen LogP contribution >= 0.6 is 22.9 Å². The van der Waals surface area contributed by atoms with E-state index >= 15 is 0 Å². The van der Waals surface area contributed by atoms with Crippen LogP contribution in [0.2, 0.25) is 0 Å². The number of aryl methyl sites for hydroxylation is 1. The number of thiazole rings is 1. The first-order chi connectivity index (χ1) is 6.31. The van der Waals surface area contributed by atoms with Gasteiger partial charge in [-0.25, -0.2) is 9.97 Å². The predicted molar refractivity (Wildman–Crippen MR) is 53.9 cm³/mol. The Kier molecular flexibility index (Phi) is 2.33. The first-order valence-electron chi connectivity index (χ1n) is 3.78. The Morgan fingerprint density at radius 2 is 2.38 bits per heavy atom. The Hall–Kier alpha value is -0.870. The largest absolute Gasteiger partial charge is 0.332 e. The average Bonchev–Trinajstić information content (AvgIpc) is 2.71. The van der Waals surface area contributed by atoms with Gasteiger partial charge in [-0.2, -0.15) is 0 Å². The van der Waals surface area contributed by atoms with Crippen LogP contribution in [0.25, 0.3) is 10.7 Å². The highest BCUT2D eigenvalue weighted by Crippen LogP contribution is 2.24. The van der Waals surface area contributed by atoms with Gasteiger partial charge in [-0.05, 0) is 0 Å². The molecule has 5 heteroatoms. The van der Waals surface area contributed by atoms with Crippen molar-refractivity contribution < 1.29 is 0 Å². The number of aromatic nitrogens is 3. The fourth-order valence-electron chi connectivity index (χ4n) is 1.05. The molecule has 0 spiro atoms. The van der Waals surface area contributed by atoms with Gasteiger partial charge in [0.15, 0.2) is 0 Å². The maximum atomic E-state index is 5.69. The standard InChI is InChI=1S/C8H8ClN3S/c1-12-5-10-4-7(12)8-11-3-6(2-9)13-8/h3-5H,2H2,1H3. The van der Waals surface area contributed by atoms with Crippen LogP contribution in [0.4, 0.5) is 0 Å². The quantitative estimate of drug-likeness (QED) is 0.717. The van der Waals surface area contributed by atoms with Gasteiger partial charge < -0.3 is 4.57 Å². The van der Waals surface area contributed by atoms with Gasteiger partial charge in [0.1, 0.15) is 5.01 Å². The molecule has 0 N–H and O–H groups in total. The van der Waals surface area contributed by atoms with Gasteiger partial charge in [0, 0.05) is 18.1 Å². The molecular formula is C8H8ClN3S. The van der Waals surface area contributed by atoms with Crippen LogP contribution in [0.3, 0.4) is 0 Å². The SMILES string of the molecule is Cn1cncc1-c1ncc(CCl)s1. The van der Waals surface area contributed by atoms with E-state index in [-0.39, 0.29) is 0 Å². The Morgan fingerprint density at radius 3 is 2.92 bits per heavy atom. The molecule has 0 aromatic carbocycles. The molecule has 0 radical (unpaired) electrons. The summed E-state index contributed by atoms with van der Waals surface area (Å²) in [4.78, 5) is 9.37. The van der Waals surface area contributed by atoms with Gasteiger partial charge >= 0.3 is 0 Å². The molecular weight excluding hydrogens is 206 g/mol. The van der Waals surface area contributed by atoms with E-state index in [4.69, 9.17) is 11.6 Å². The van der Waals surface area contributed by atoms with Crippen molar-refractivity contribution in [3.05, 3.63) is 23.6 Å². The third kappa shape index (κ3) is 1.59. The molecule has 2 aromatic rings. The maximum Gasteiger partial charge on any atom is 0.141 e. The molecule has 0 aliphatic rings. The molecule has 0 amide bonds. The molecule has 0 saturated heterocycles. The van der Waals surface area contributed by atoms with Crippen LogP contribution in [0, 0.1) is 0 Å². The van der Waals surface area contributed by atoms with Gasteiger partial charge in [-0.1, -0.05) is 0 Å². The minimum absolute atomic E-state index is 0.523. The lowest BCUT2D eigenvalue weighted by molar-refractivity contribution is 0.920. The summed E-state index contributed by atoms with van der Waals surface area (Å²) in [7, 11) is 1.95. The van der Waals surface area contributed by atoms with Gasteiger partial charge in [-0.15, -0.1) is 22.9 Å². The molecule has 2 heterocycles. The smallest absolute Gasteiger partial charge is 0.141 e. The molecule has 0 aliphatic heterocycles. The minimum Gasteiger partial charge on any atom is -0.332 e. The molecule has 0 saturated carbocycles. The van der Waals surface area contributed by atoms with E-state index in [1.165, 1.54) is 0 Å². The van der Waals surface area contributed by atoms with Crippen molar-refractivity contribution in [2.75, 3.05) is 0 Å². The highest BCUT2D eigenvalue weighted by Gasteiger charge is 2.06. The van der Waals surface area contributed by atoms with Crippen molar-refractivity contribution >= 4 is 22.9 Å². The predicted octanol–water partition coefficient (Wildman–Crippen LogP) is 2.28. The molecule has 0 fully saturated rings. The Balaban J connectivity index is 2.41. The summed E-state index contributed by atoms with van der Waals surface area (Å²) in [5, 5.41) is 0.968. The first-order valence-corrected chi connectivity index (χ1v) is 5.13. The van der Waals surface area contributed by atoms with Crippen molar-refractivity contribution in [3.63, 3.8) is 0 Å². The molecule has 0 aliphatic carbocycles. The van der Waals surface area contributed by atoms with Crippen molar-refractivity contribution in [1.29, 1.82) is 0 Å². The zero-order valence-corrected chi connectivity index (χ0v) is 8.64. The second-order valence-electron chi connectivity index (χ2n) is 2.66. The Labute approximate surface area is 85.0 Å². The van der Waals surface area contributed by atoms with Gasteiger partial charge in [0.25, 0.3) is 0 Å². The second-order valence-corrected chi connectivity index (χ2v) is 4.04. The number of imidazole rings is 1. The topological polar surface area (TPSA) is 30.7 Å². The molecule has 0 atom stereocenters. The van der Waals surface area contributed by atoms with Crippen LogP contribution in [-0.2, 0) is 12.9 Å². The number of rotatable bonds is 2. The molecule has 68 valence electrons. The summed E-state index contributed by atoms with van der Waals surface area (Å²) in [6, 6.07) is 0. The summed E-state index contributed by atoms with van der Waals surface area (Å²) in [6.45, 7) is 0. The van der Waals surface area contributed by atoms with Crippen molar-refractivity contribution in [2.24, 2.45) is 7.05 Å². The lowest BCUT2D eigenvalue weighted by atomic mass is 10.5. The van der Waals surface area contributed by atoms with E-state index in [2.05, 4.69) is 9.97 Å². The van der Waals surface area contributed by atoms with Crippen LogP contribution in [0.5, 0.6) is 0 Å². The number of alkyl halides is 1. The summed E-state index contributed by atoms with van der Waals surface area (Å²) in [5.41, 5.74) is 1.03. The van der Waals surface area contributed by atoms with E-state index in [1.807, 2.05) is 11.6 Å². The lowest BCUT2D eigenvalue weighted by Gasteiger charge is -1.94.